The van der Waals surface area contributed by atoms with Gasteiger partial charge in [0.15, 0.2) is 11.7 Å². The second-order valence-corrected chi connectivity index (χ2v) is 7.68. The average molecular weight is 535 g/mol. The number of hydrogen-bond donors (Lipinski definition) is 3. The molecular weight excluding hydrogens is 505 g/mol. The Morgan fingerprint density at radius 2 is 2.10 bits per heavy atom. The fourth-order valence-electron chi connectivity index (χ4n) is 3.85. The molecule has 1 aliphatic heterocycles. The molecule has 3 N–H and O–H groups in total. The van der Waals surface area contributed by atoms with E-state index in [1.165, 1.54) is 5.56 Å². The molecule has 9 heteroatoms. The van der Waals surface area contributed by atoms with Crippen LogP contribution < -0.4 is 10.6 Å². The first-order chi connectivity index (χ1) is 14.7. The molecule has 0 spiro atoms. The number of hydrogen-bond acceptors (Lipinski definition) is 5. The predicted molar refractivity (Wildman–Crippen MR) is 132 cm³/mol. The highest BCUT2D eigenvalue weighted by molar-refractivity contribution is 14.0. The summed E-state index contributed by atoms with van der Waals surface area (Å²) in [6, 6.07) is 15.2. The Kier molecular flexibility index (Phi) is 8.47. The second-order valence-electron chi connectivity index (χ2n) is 7.68. The van der Waals surface area contributed by atoms with Crippen LogP contribution in [0, 0.1) is 0 Å². The third-order valence-electron chi connectivity index (χ3n) is 5.50. The van der Waals surface area contributed by atoms with Crippen LogP contribution in [0.5, 0.6) is 0 Å². The van der Waals surface area contributed by atoms with Gasteiger partial charge in [-0.05, 0) is 37.5 Å². The van der Waals surface area contributed by atoms with Gasteiger partial charge in [0.2, 0.25) is 5.82 Å². The standard InChI is InChI=1S/C22H29N7O.HI/c1-16-13-18(10-11-29(16)15-17-7-4-3-5-8-17)25-22(23-2)24-14-20-26-21(28-27-20)19-9-6-12-30-19;/h3-9,12,16,18H,10-11,13-15H2,1-2H3,(H2,23,24,25)(H,26,27,28);1H. The van der Waals surface area contributed by atoms with E-state index in [0.29, 0.717) is 30.2 Å². The highest BCUT2D eigenvalue weighted by Crippen LogP contribution is 2.20. The normalized spacial score (nSPS) is 19.6. The van der Waals surface area contributed by atoms with Crippen molar-refractivity contribution in [2.45, 2.75) is 44.9 Å². The number of furan rings is 1. The number of aliphatic imine (C=N–C) groups is 1. The fraction of sp³-hybridized carbons (Fsp3) is 0.409. The molecule has 0 bridgehead atoms. The van der Waals surface area contributed by atoms with Crippen molar-refractivity contribution in [1.82, 2.24) is 30.7 Å². The van der Waals surface area contributed by atoms with Gasteiger partial charge in [-0.1, -0.05) is 30.3 Å². The topological polar surface area (TPSA) is 94.4 Å². The van der Waals surface area contributed by atoms with Crippen molar-refractivity contribution in [3.05, 3.63) is 60.1 Å². The summed E-state index contributed by atoms with van der Waals surface area (Å²) < 4.78 is 5.33. The summed E-state index contributed by atoms with van der Waals surface area (Å²) in [5, 5.41) is 14.0. The van der Waals surface area contributed by atoms with Gasteiger partial charge in [0, 0.05) is 32.2 Å². The van der Waals surface area contributed by atoms with Crippen molar-refractivity contribution < 1.29 is 4.42 Å². The van der Waals surface area contributed by atoms with E-state index in [4.69, 9.17) is 4.42 Å². The van der Waals surface area contributed by atoms with E-state index in [2.05, 4.69) is 73.0 Å². The SMILES string of the molecule is CN=C(NCc1nc(-c2ccco2)n[nH]1)NC1CCN(Cc2ccccc2)C(C)C1.I. The summed E-state index contributed by atoms with van der Waals surface area (Å²) in [6.07, 6.45) is 3.78. The maximum Gasteiger partial charge on any atom is 0.216 e. The van der Waals surface area contributed by atoms with Crippen LogP contribution in [0.15, 0.2) is 58.1 Å². The molecule has 2 atom stereocenters. The van der Waals surface area contributed by atoms with Gasteiger partial charge in [-0.15, -0.1) is 29.1 Å². The Morgan fingerprint density at radius 3 is 2.81 bits per heavy atom. The van der Waals surface area contributed by atoms with Gasteiger partial charge in [-0.2, -0.15) is 0 Å². The molecule has 31 heavy (non-hydrogen) atoms. The summed E-state index contributed by atoms with van der Waals surface area (Å²) in [4.78, 5) is 11.4. The lowest BCUT2D eigenvalue weighted by atomic mass is 9.97. The number of nitrogens with zero attached hydrogens (tertiary/aromatic N) is 4. The Morgan fingerprint density at radius 1 is 1.26 bits per heavy atom. The molecule has 1 fully saturated rings. The van der Waals surface area contributed by atoms with E-state index in [1.807, 2.05) is 12.1 Å². The van der Waals surface area contributed by atoms with E-state index < -0.39 is 0 Å². The Hall–Kier alpha value is -2.40. The van der Waals surface area contributed by atoms with Crippen molar-refractivity contribution in [2.75, 3.05) is 13.6 Å². The lowest BCUT2D eigenvalue weighted by Gasteiger charge is -2.38. The minimum atomic E-state index is 0. The van der Waals surface area contributed by atoms with Crippen molar-refractivity contribution in [3.63, 3.8) is 0 Å². The Balaban J connectivity index is 0.00000272. The monoisotopic (exact) mass is 535 g/mol. The number of aromatic nitrogens is 3. The van der Waals surface area contributed by atoms with Crippen LogP contribution in [0.2, 0.25) is 0 Å². The van der Waals surface area contributed by atoms with Crippen LogP contribution in [-0.2, 0) is 13.1 Å². The zero-order valence-corrected chi connectivity index (χ0v) is 20.2. The largest absolute Gasteiger partial charge is 0.461 e. The van der Waals surface area contributed by atoms with Gasteiger partial charge in [0.25, 0.3) is 0 Å². The number of piperidine rings is 1. The van der Waals surface area contributed by atoms with Crippen LogP contribution in [0.3, 0.4) is 0 Å². The van der Waals surface area contributed by atoms with E-state index in [0.717, 1.165) is 37.7 Å². The second kappa shape index (κ2) is 11.3. The number of guanidine groups is 1. The molecule has 3 aromatic rings. The van der Waals surface area contributed by atoms with Crippen LogP contribution in [0.1, 0.15) is 31.2 Å². The van der Waals surface area contributed by atoms with Gasteiger partial charge in [0.1, 0.15) is 5.82 Å². The van der Waals surface area contributed by atoms with Crippen LogP contribution in [0.4, 0.5) is 0 Å². The molecule has 1 aromatic carbocycles. The van der Waals surface area contributed by atoms with Crippen molar-refractivity contribution in [1.29, 1.82) is 0 Å². The third-order valence-corrected chi connectivity index (χ3v) is 5.50. The molecule has 0 aliphatic carbocycles. The molecule has 8 nitrogen and oxygen atoms in total. The highest BCUT2D eigenvalue weighted by Gasteiger charge is 2.26. The van der Waals surface area contributed by atoms with Crippen molar-refractivity contribution in [2.24, 2.45) is 4.99 Å². The van der Waals surface area contributed by atoms with E-state index in [1.54, 1.807) is 13.3 Å². The van der Waals surface area contributed by atoms with Crippen LogP contribution in [0.25, 0.3) is 11.6 Å². The number of aromatic amines is 1. The minimum Gasteiger partial charge on any atom is -0.461 e. The lowest BCUT2D eigenvalue weighted by molar-refractivity contribution is 0.134. The molecule has 166 valence electrons. The highest BCUT2D eigenvalue weighted by atomic mass is 127. The van der Waals surface area contributed by atoms with Crippen molar-refractivity contribution >= 4 is 29.9 Å². The number of rotatable bonds is 6. The molecule has 1 saturated heterocycles. The number of nitrogens with one attached hydrogen (secondary N) is 3. The number of benzene rings is 1. The smallest absolute Gasteiger partial charge is 0.216 e. The van der Waals surface area contributed by atoms with Gasteiger partial charge in [-0.3, -0.25) is 15.0 Å². The first-order valence-corrected chi connectivity index (χ1v) is 10.4. The molecule has 2 aromatic heterocycles. The van der Waals surface area contributed by atoms with Gasteiger partial charge < -0.3 is 15.1 Å². The Bertz CT molecular complexity index is 942. The van der Waals surface area contributed by atoms with Gasteiger partial charge in [-0.25, -0.2) is 4.98 Å². The summed E-state index contributed by atoms with van der Waals surface area (Å²) >= 11 is 0. The summed E-state index contributed by atoms with van der Waals surface area (Å²) in [5.74, 6) is 2.71. The first kappa shape index (κ1) is 23.3. The number of likely N-dealkylation sites (tertiary alicyclic amines) is 1. The summed E-state index contributed by atoms with van der Waals surface area (Å²) in [5.41, 5.74) is 1.37. The van der Waals surface area contributed by atoms with Gasteiger partial charge in [0.05, 0.1) is 12.8 Å². The molecule has 1 aliphatic rings. The lowest BCUT2D eigenvalue weighted by Crippen LogP contribution is -2.51. The maximum atomic E-state index is 5.33. The molecule has 2 unspecified atom stereocenters. The van der Waals surface area contributed by atoms with Gasteiger partial charge >= 0.3 is 0 Å². The van der Waals surface area contributed by atoms with Crippen LogP contribution >= 0.6 is 24.0 Å². The first-order valence-electron chi connectivity index (χ1n) is 10.4. The molecule has 4 rings (SSSR count). The minimum absolute atomic E-state index is 0. The zero-order valence-electron chi connectivity index (χ0n) is 17.9. The third kappa shape index (κ3) is 6.30. The Labute approximate surface area is 199 Å². The molecule has 0 amide bonds. The van der Waals surface area contributed by atoms with E-state index in [-0.39, 0.29) is 24.0 Å². The fourth-order valence-corrected chi connectivity index (χ4v) is 3.85. The van der Waals surface area contributed by atoms with Crippen LogP contribution in [-0.4, -0.2) is 51.7 Å². The zero-order chi connectivity index (χ0) is 20.8. The average Bonchev–Trinajstić information content (AvgIpc) is 3.45. The molecule has 0 radical (unpaired) electrons. The predicted octanol–water partition coefficient (Wildman–Crippen LogP) is 3.40. The number of H-pyrrole nitrogens is 1. The summed E-state index contributed by atoms with van der Waals surface area (Å²) in [6.45, 7) is 4.89. The summed E-state index contributed by atoms with van der Waals surface area (Å²) in [7, 11) is 1.79. The molecular formula is C22H30IN7O. The van der Waals surface area contributed by atoms with E-state index in [9.17, 15) is 0 Å². The molecule has 3 heterocycles. The van der Waals surface area contributed by atoms with E-state index >= 15 is 0 Å². The maximum absolute atomic E-state index is 5.33. The molecule has 0 saturated carbocycles. The quantitative estimate of drug-likeness (QED) is 0.255. The number of halogens is 1. The van der Waals surface area contributed by atoms with Crippen molar-refractivity contribution in [3.8, 4) is 11.6 Å².